The highest BCUT2D eigenvalue weighted by atomic mass is 16.5. The first-order chi connectivity index (χ1) is 11.4. The molecule has 6 nitrogen and oxygen atoms in total. The Bertz CT molecular complexity index is 610. The van der Waals surface area contributed by atoms with Gasteiger partial charge >= 0.3 is 11.9 Å². The smallest absolute Gasteiger partial charge is 0.310 e. The summed E-state index contributed by atoms with van der Waals surface area (Å²) in [5.41, 5.74) is 1.22. The summed E-state index contributed by atoms with van der Waals surface area (Å²) in [6, 6.07) is 2.77. The van der Waals surface area contributed by atoms with E-state index in [4.69, 9.17) is 9.47 Å². The number of unbranched alkanes of at least 4 members (excludes halogenated alkanes) is 2. The topological polar surface area (TPSA) is 93.1 Å². The van der Waals surface area contributed by atoms with Gasteiger partial charge in [-0.15, -0.1) is 0 Å². The summed E-state index contributed by atoms with van der Waals surface area (Å²) >= 11 is 0. The van der Waals surface area contributed by atoms with Crippen LogP contribution >= 0.6 is 0 Å². The van der Waals surface area contributed by atoms with E-state index in [9.17, 15) is 19.8 Å². The van der Waals surface area contributed by atoms with Crippen LogP contribution in [-0.2, 0) is 25.5 Å². The molecule has 1 aromatic rings. The summed E-state index contributed by atoms with van der Waals surface area (Å²) in [5, 5.41) is 19.6. The molecule has 2 N–H and O–H groups in total. The Kier molecular flexibility index (Phi) is 6.06. The van der Waals surface area contributed by atoms with Gasteiger partial charge in [-0.2, -0.15) is 0 Å². The number of hydrogen-bond acceptors (Lipinski definition) is 6. The highest BCUT2D eigenvalue weighted by molar-refractivity contribution is 5.76. The Morgan fingerprint density at radius 3 is 2.79 bits per heavy atom. The molecule has 0 aromatic heterocycles. The highest BCUT2D eigenvalue weighted by Crippen LogP contribution is 2.39. The first kappa shape index (κ1) is 18.1. The van der Waals surface area contributed by atoms with Crippen LogP contribution in [0.15, 0.2) is 12.1 Å². The van der Waals surface area contributed by atoms with Crippen LogP contribution in [0.25, 0.3) is 0 Å². The molecule has 0 spiro atoms. The highest BCUT2D eigenvalue weighted by Gasteiger charge is 2.29. The van der Waals surface area contributed by atoms with Crippen molar-refractivity contribution >= 4 is 11.9 Å². The third kappa shape index (κ3) is 4.88. The third-order valence-corrected chi connectivity index (χ3v) is 4.10. The third-order valence-electron chi connectivity index (χ3n) is 4.10. The van der Waals surface area contributed by atoms with Crippen LogP contribution in [0.2, 0.25) is 0 Å². The first-order valence-corrected chi connectivity index (χ1v) is 8.28. The number of aromatic hydroxyl groups is 2. The van der Waals surface area contributed by atoms with Gasteiger partial charge in [-0.1, -0.05) is 6.42 Å². The monoisotopic (exact) mass is 336 g/mol. The van der Waals surface area contributed by atoms with Crippen LogP contribution in [-0.4, -0.2) is 28.3 Å². The lowest BCUT2D eigenvalue weighted by atomic mass is 9.92. The fraction of sp³-hybridized carbons (Fsp3) is 0.556. The predicted molar refractivity (Wildman–Crippen MR) is 86.6 cm³/mol. The number of hydrogen-bond donors (Lipinski definition) is 2. The zero-order chi connectivity index (χ0) is 17.7. The van der Waals surface area contributed by atoms with Gasteiger partial charge in [0.05, 0.1) is 12.5 Å². The van der Waals surface area contributed by atoms with Crippen molar-refractivity contribution in [1.29, 1.82) is 0 Å². The molecule has 0 amide bonds. The van der Waals surface area contributed by atoms with Crippen LogP contribution in [0.5, 0.6) is 11.5 Å². The Balaban J connectivity index is 1.86. The van der Waals surface area contributed by atoms with Crippen molar-refractivity contribution in [2.75, 3.05) is 0 Å². The van der Waals surface area contributed by atoms with Gasteiger partial charge in [0.25, 0.3) is 0 Å². The Hall–Kier alpha value is -2.24. The van der Waals surface area contributed by atoms with E-state index in [1.54, 1.807) is 0 Å². The van der Waals surface area contributed by atoms with Crippen molar-refractivity contribution in [2.24, 2.45) is 0 Å². The first-order valence-electron chi connectivity index (χ1n) is 8.28. The van der Waals surface area contributed by atoms with E-state index in [2.05, 4.69) is 0 Å². The van der Waals surface area contributed by atoms with Crippen LogP contribution in [0.1, 0.15) is 63.2 Å². The molecule has 0 fully saturated rings. The lowest BCUT2D eigenvalue weighted by Gasteiger charge is -2.26. The summed E-state index contributed by atoms with van der Waals surface area (Å²) < 4.78 is 10.4. The quantitative estimate of drug-likeness (QED) is 0.587. The molecule has 2 rings (SSSR count). The molecular weight excluding hydrogens is 312 g/mol. The fourth-order valence-corrected chi connectivity index (χ4v) is 3.10. The molecule has 2 atom stereocenters. The molecule has 1 aliphatic rings. The summed E-state index contributed by atoms with van der Waals surface area (Å²) in [6.45, 7) is 3.26. The lowest BCUT2D eigenvalue weighted by Crippen LogP contribution is -2.21. The SMILES string of the molecule is CC(=O)O[C@H](C)CCCCC[C@H]1OC(=O)Cc2cc(O)cc(O)c21. The van der Waals surface area contributed by atoms with E-state index in [1.807, 2.05) is 6.92 Å². The number of phenolic OH excluding ortho intramolecular Hbond substituents is 2. The molecule has 24 heavy (non-hydrogen) atoms. The van der Waals surface area contributed by atoms with E-state index in [1.165, 1.54) is 19.1 Å². The van der Waals surface area contributed by atoms with Gasteiger partial charge in [0.1, 0.15) is 17.6 Å². The zero-order valence-electron chi connectivity index (χ0n) is 14.1. The van der Waals surface area contributed by atoms with Crippen molar-refractivity contribution in [1.82, 2.24) is 0 Å². The van der Waals surface area contributed by atoms with Crippen molar-refractivity contribution in [3.63, 3.8) is 0 Å². The average molecular weight is 336 g/mol. The van der Waals surface area contributed by atoms with Crippen molar-refractivity contribution in [2.45, 2.75) is 64.6 Å². The number of phenols is 2. The van der Waals surface area contributed by atoms with Crippen LogP contribution in [0.3, 0.4) is 0 Å². The van der Waals surface area contributed by atoms with Gasteiger partial charge in [0.15, 0.2) is 0 Å². The van der Waals surface area contributed by atoms with Gasteiger partial charge in [0, 0.05) is 18.6 Å². The largest absolute Gasteiger partial charge is 0.508 e. The lowest BCUT2D eigenvalue weighted by molar-refractivity contribution is -0.151. The molecule has 0 bridgehead atoms. The van der Waals surface area contributed by atoms with Crippen LogP contribution in [0.4, 0.5) is 0 Å². The second-order valence-corrected chi connectivity index (χ2v) is 6.25. The van der Waals surface area contributed by atoms with Crippen LogP contribution in [0, 0.1) is 0 Å². The van der Waals surface area contributed by atoms with Gasteiger partial charge < -0.3 is 19.7 Å². The second kappa shape index (κ2) is 8.04. The number of benzene rings is 1. The summed E-state index contributed by atoms with van der Waals surface area (Å²) in [7, 11) is 0. The Morgan fingerprint density at radius 2 is 2.08 bits per heavy atom. The molecule has 0 saturated heterocycles. The Labute approximate surface area is 141 Å². The maximum atomic E-state index is 11.7. The molecule has 1 aromatic carbocycles. The number of carbonyl (C=O) groups excluding carboxylic acids is 2. The minimum Gasteiger partial charge on any atom is -0.508 e. The molecular formula is C18H24O6. The van der Waals surface area contributed by atoms with E-state index in [0.29, 0.717) is 17.5 Å². The van der Waals surface area contributed by atoms with E-state index >= 15 is 0 Å². The molecule has 132 valence electrons. The number of cyclic esters (lactones) is 1. The van der Waals surface area contributed by atoms with E-state index < -0.39 is 6.10 Å². The number of carbonyl (C=O) groups is 2. The van der Waals surface area contributed by atoms with Crippen molar-refractivity contribution in [3.8, 4) is 11.5 Å². The molecule has 0 aliphatic carbocycles. The molecule has 1 heterocycles. The minimum atomic E-state index is -0.479. The maximum Gasteiger partial charge on any atom is 0.310 e. The molecule has 0 unspecified atom stereocenters. The molecule has 0 saturated carbocycles. The minimum absolute atomic E-state index is 0.0361. The fourth-order valence-electron chi connectivity index (χ4n) is 3.10. The predicted octanol–water partition coefficient (Wildman–Crippen LogP) is 3.14. The zero-order valence-corrected chi connectivity index (χ0v) is 14.1. The average Bonchev–Trinajstić information content (AvgIpc) is 2.44. The molecule has 0 radical (unpaired) electrons. The number of esters is 2. The molecule has 6 heteroatoms. The van der Waals surface area contributed by atoms with Gasteiger partial charge in [-0.05, 0) is 44.2 Å². The summed E-state index contributed by atoms with van der Waals surface area (Å²) in [6.07, 6.45) is 3.53. The number of rotatable bonds is 7. The van der Waals surface area contributed by atoms with E-state index in [0.717, 1.165) is 25.7 Å². The van der Waals surface area contributed by atoms with Gasteiger partial charge in [-0.3, -0.25) is 9.59 Å². The van der Waals surface area contributed by atoms with Crippen LogP contribution < -0.4 is 0 Å². The molecule has 1 aliphatic heterocycles. The second-order valence-electron chi connectivity index (χ2n) is 6.25. The normalized spacial score (nSPS) is 17.8. The Morgan fingerprint density at radius 1 is 1.33 bits per heavy atom. The standard InChI is InChI=1S/C18H24O6/c1-11(23-12(2)19)6-4-3-5-7-16-18-13(9-17(22)24-16)8-14(20)10-15(18)21/h8,10-11,16,20-21H,3-7,9H2,1-2H3/t11-,16-/m1/s1. The summed E-state index contributed by atoms with van der Waals surface area (Å²) in [4.78, 5) is 22.5. The van der Waals surface area contributed by atoms with Gasteiger partial charge in [-0.25, -0.2) is 0 Å². The van der Waals surface area contributed by atoms with E-state index in [-0.39, 0.29) is 36.0 Å². The number of fused-ring (bicyclic) bond motifs is 1. The number of ether oxygens (including phenoxy) is 2. The van der Waals surface area contributed by atoms with Crippen molar-refractivity contribution in [3.05, 3.63) is 23.3 Å². The maximum absolute atomic E-state index is 11.7. The van der Waals surface area contributed by atoms with Gasteiger partial charge in [0.2, 0.25) is 0 Å². The van der Waals surface area contributed by atoms with Crippen molar-refractivity contribution < 1.29 is 29.3 Å². The summed E-state index contributed by atoms with van der Waals surface area (Å²) in [5.74, 6) is -0.710.